The van der Waals surface area contributed by atoms with E-state index in [0.29, 0.717) is 30.5 Å². The minimum Gasteiger partial charge on any atom is -0.493 e. The van der Waals surface area contributed by atoms with Crippen LogP contribution in [0.5, 0.6) is 11.5 Å². The van der Waals surface area contributed by atoms with Gasteiger partial charge in [0.15, 0.2) is 18.1 Å². The highest BCUT2D eigenvalue weighted by molar-refractivity contribution is 5.77. The molecule has 0 heterocycles. The van der Waals surface area contributed by atoms with Gasteiger partial charge in [0.1, 0.15) is 0 Å². The zero-order valence-electron chi connectivity index (χ0n) is 11.7. The molecule has 1 amide bonds. The van der Waals surface area contributed by atoms with Crippen molar-refractivity contribution in [2.45, 2.75) is 20.4 Å². The topological polar surface area (TPSA) is 73.6 Å². The third-order valence-corrected chi connectivity index (χ3v) is 2.53. The number of amides is 1. The summed E-state index contributed by atoms with van der Waals surface area (Å²) in [4.78, 5) is 11.5. The fourth-order valence-electron chi connectivity index (χ4n) is 1.47. The molecule has 1 aromatic rings. The number of carbonyl (C=O) groups excluding carboxylic acids is 1. The molecule has 0 atom stereocenters. The Morgan fingerprint density at radius 1 is 1.37 bits per heavy atom. The number of nitrogens with one attached hydrogen (secondary N) is 1. The zero-order chi connectivity index (χ0) is 14.3. The van der Waals surface area contributed by atoms with E-state index in [2.05, 4.69) is 5.32 Å². The normalized spacial score (nSPS) is 10.4. The number of nitrogens with two attached hydrogens (primary N) is 1. The van der Waals surface area contributed by atoms with E-state index in [1.165, 1.54) is 0 Å². The lowest BCUT2D eigenvalue weighted by Gasteiger charge is -2.12. The van der Waals surface area contributed by atoms with Crippen molar-refractivity contribution in [3.05, 3.63) is 23.8 Å². The minimum atomic E-state index is -0.140. The molecule has 0 aromatic heterocycles. The molecule has 0 aliphatic heterocycles. The molecular formula is C14H22N2O3. The van der Waals surface area contributed by atoms with E-state index in [1.807, 2.05) is 19.9 Å². The van der Waals surface area contributed by atoms with Crippen LogP contribution in [0.15, 0.2) is 18.2 Å². The molecule has 19 heavy (non-hydrogen) atoms. The Morgan fingerprint density at radius 2 is 2.11 bits per heavy atom. The van der Waals surface area contributed by atoms with Gasteiger partial charge in [0, 0.05) is 13.1 Å². The Morgan fingerprint density at radius 3 is 2.68 bits per heavy atom. The first kappa shape index (κ1) is 15.3. The van der Waals surface area contributed by atoms with Crippen molar-refractivity contribution in [1.82, 2.24) is 5.32 Å². The number of methoxy groups -OCH3 is 1. The van der Waals surface area contributed by atoms with Crippen LogP contribution in [0, 0.1) is 5.92 Å². The lowest BCUT2D eigenvalue weighted by Crippen LogP contribution is -2.31. The van der Waals surface area contributed by atoms with Gasteiger partial charge < -0.3 is 20.5 Å². The summed E-state index contributed by atoms with van der Waals surface area (Å²) in [5.41, 5.74) is 6.51. The predicted molar refractivity (Wildman–Crippen MR) is 74.2 cm³/mol. The van der Waals surface area contributed by atoms with Crippen molar-refractivity contribution >= 4 is 5.91 Å². The van der Waals surface area contributed by atoms with Gasteiger partial charge in [0.2, 0.25) is 0 Å². The average molecular weight is 266 g/mol. The summed E-state index contributed by atoms with van der Waals surface area (Å²) in [6, 6.07) is 5.42. The third kappa shape index (κ3) is 5.18. The molecule has 0 saturated carbocycles. The van der Waals surface area contributed by atoms with Crippen LogP contribution < -0.4 is 20.5 Å². The van der Waals surface area contributed by atoms with Crippen LogP contribution in [0.25, 0.3) is 0 Å². The molecule has 0 aliphatic carbocycles. The van der Waals surface area contributed by atoms with Gasteiger partial charge in [-0.05, 0) is 23.6 Å². The van der Waals surface area contributed by atoms with Crippen molar-refractivity contribution in [3.63, 3.8) is 0 Å². The number of hydrogen-bond donors (Lipinski definition) is 2. The van der Waals surface area contributed by atoms with Gasteiger partial charge in [0.25, 0.3) is 5.91 Å². The Labute approximate surface area is 114 Å². The van der Waals surface area contributed by atoms with Gasteiger partial charge in [0.05, 0.1) is 7.11 Å². The van der Waals surface area contributed by atoms with E-state index in [0.717, 1.165) is 5.56 Å². The first-order valence-electron chi connectivity index (χ1n) is 6.33. The van der Waals surface area contributed by atoms with Gasteiger partial charge in [-0.15, -0.1) is 0 Å². The summed E-state index contributed by atoms with van der Waals surface area (Å²) >= 11 is 0. The quantitative estimate of drug-likeness (QED) is 0.780. The van der Waals surface area contributed by atoms with Crippen molar-refractivity contribution in [1.29, 1.82) is 0 Å². The molecule has 0 spiro atoms. The molecule has 5 heteroatoms. The highest BCUT2D eigenvalue weighted by atomic mass is 16.5. The molecule has 0 aliphatic rings. The Bertz CT molecular complexity index is 419. The fourth-order valence-corrected chi connectivity index (χ4v) is 1.47. The zero-order valence-corrected chi connectivity index (χ0v) is 11.7. The molecule has 5 nitrogen and oxygen atoms in total. The minimum absolute atomic E-state index is 0.0228. The van der Waals surface area contributed by atoms with Crippen LogP contribution in [-0.4, -0.2) is 26.2 Å². The second-order valence-electron chi connectivity index (χ2n) is 4.68. The standard InChI is InChI=1S/C14H22N2O3/c1-10(2)8-16-14(17)9-19-12-5-4-11(7-15)6-13(12)18-3/h4-6,10H,7-9,15H2,1-3H3,(H,16,17). The molecule has 1 aromatic carbocycles. The molecule has 0 unspecified atom stereocenters. The molecule has 3 N–H and O–H groups in total. The maximum absolute atomic E-state index is 11.5. The van der Waals surface area contributed by atoms with Crippen molar-refractivity contribution in [2.75, 3.05) is 20.3 Å². The largest absolute Gasteiger partial charge is 0.493 e. The molecule has 1 rings (SSSR count). The van der Waals surface area contributed by atoms with Crippen LogP contribution >= 0.6 is 0 Å². The lowest BCUT2D eigenvalue weighted by atomic mass is 10.2. The first-order chi connectivity index (χ1) is 9.06. The maximum atomic E-state index is 11.5. The van der Waals surface area contributed by atoms with Gasteiger partial charge >= 0.3 is 0 Å². The summed E-state index contributed by atoms with van der Waals surface area (Å²) in [6.07, 6.45) is 0. The summed E-state index contributed by atoms with van der Waals surface area (Å²) in [6.45, 7) is 5.13. The number of carbonyl (C=O) groups is 1. The molecule has 106 valence electrons. The Balaban J connectivity index is 2.55. The second-order valence-corrected chi connectivity index (χ2v) is 4.68. The van der Waals surface area contributed by atoms with Crippen LogP contribution in [0.1, 0.15) is 19.4 Å². The van der Waals surface area contributed by atoms with Crippen molar-refractivity contribution in [2.24, 2.45) is 11.7 Å². The summed E-state index contributed by atoms with van der Waals surface area (Å²) in [7, 11) is 1.56. The van der Waals surface area contributed by atoms with E-state index in [9.17, 15) is 4.79 Å². The van der Waals surface area contributed by atoms with Crippen LogP contribution in [0.4, 0.5) is 0 Å². The molecule has 0 bridgehead atoms. The number of rotatable bonds is 7. The van der Waals surface area contributed by atoms with Gasteiger partial charge in [-0.1, -0.05) is 19.9 Å². The Kier molecular flexibility index (Phi) is 6.15. The highest BCUT2D eigenvalue weighted by Crippen LogP contribution is 2.27. The first-order valence-corrected chi connectivity index (χ1v) is 6.33. The third-order valence-electron chi connectivity index (χ3n) is 2.53. The lowest BCUT2D eigenvalue weighted by molar-refractivity contribution is -0.123. The van der Waals surface area contributed by atoms with Gasteiger partial charge in [-0.2, -0.15) is 0 Å². The average Bonchev–Trinajstić information content (AvgIpc) is 2.42. The van der Waals surface area contributed by atoms with E-state index >= 15 is 0 Å². The number of hydrogen-bond acceptors (Lipinski definition) is 4. The van der Waals surface area contributed by atoms with E-state index in [-0.39, 0.29) is 12.5 Å². The number of ether oxygens (including phenoxy) is 2. The van der Waals surface area contributed by atoms with Crippen molar-refractivity contribution < 1.29 is 14.3 Å². The summed E-state index contributed by atoms with van der Waals surface area (Å²) < 4.78 is 10.6. The second kappa shape index (κ2) is 7.63. The van der Waals surface area contributed by atoms with Crippen LogP contribution in [0.3, 0.4) is 0 Å². The van der Waals surface area contributed by atoms with Crippen LogP contribution in [0.2, 0.25) is 0 Å². The SMILES string of the molecule is COc1cc(CN)ccc1OCC(=O)NCC(C)C. The predicted octanol–water partition coefficient (Wildman–Crippen LogP) is 1.30. The molecular weight excluding hydrogens is 244 g/mol. The monoisotopic (exact) mass is 266 g/mol. The summed E-state index contributed by atoms with van der Waals surface area (Å²) in [5.74, 6) is 1.40. The molecule has 0 fully saturated rings. The highest BCUT2D eigenvalue weighted by Gasteiger charge is 2.08. The van der Waals surface area contributed by atoms with Crippen molar-refractivity contribution in [3.8, 4) is 11.5 Å². The van der Waals surface area contributed by atoms with E-state index < -0.39 is 0 Å². The summed E-state index contributed by atoms with van der Waals surface area (Å²) in [5, 5.41) is 2.79. The Hall–Kier alpha value is -1.75. The van der Waals surface area contributed by atoms with Gasteiger partial charge in [-0.3, -0.25) is 4.79 Å². The van der Waals surface area contributed by atoms with E-state index in [4.69, 9.17) is 15.2 Å². The fraction of sp³-hybridized carbons (Fsp3) is 0.500. The molecule has 0 radical (unpaired) electrons. The van der Waals surface area contributed by atoms with Gasteiger partial charge in [-0.25, -0.2) is 0 Å². The van der Waals surface area contributed by atoms with Crippen LogP contribution in [-0.2, 0) is 11.3 Å². The maximum Gasteiger partial charge on any atom is 0.257 e. The number of benzene rings is 1. The van der Waals surface area contributed by atoms with E-state index in [1.54, 1.807) is 19.2 Å². The smallest absolute Gasteiger partial charge is 0.257 e. The molecule has 0 saturated heterocycles.